The van der Waals surface area contributed by atoms with E-state index in [4.69, 9.17) is 11.6 Å². The van der Waals surface area contributed by atoms with Crippen molar-refractivity contribution < 1.29 is 4.79 Å². The van der Waals surface area contributed by atoms with Crippen LogP contribution in [0, 0.1) is 5.92 Å². The van der Waals surface area contributed by atoms with E-state index >= 15 is 0 Å². The maximum Gasteiger partial charge on any atom is 0.226 e. The van der Waals surface area contributed by atoms with Gasteiger partial charge in [-0.05, 0) is 48.8 Å². The molecule has 2 fully saturated rings. The van der Waals surface area contributed by atoms with Crippen molar-refractivity contribution in [3.05, 3.63) is 70.7 Å². The molecular weight excluding hydrogens is 370 g/mol. The van der Waals surface area contributed by atoms with Gasteiger partial charge in [0.2, 0.25) is 5.91 Å². The summed E-state index contributed by atoms with van der Waals surface area (Å²) in [4.78, 5) is 14.6. The molecule has 1 aliphatic carbocycles. The van der Waals surface area contributed by atoms with Crippen LogP contribution in [0.4, 0.5) is 0 Å². The van der Waals surface area contributed by atoms with E-state index in [0.717, 1.165) is 42.8 Å². The fourth-order valence-electron chi connectivity index (χ4n) is 4.27. The number of hydrazine groups is 1. The number of hydrogen-bond acceptors (Lipinski definition) is 3. The maximum absolute atomic E-state index is 12.7. The molecule has 4 nitrogen and oxygen atoms in total. The first-order valence-corrected chi connectivity index (χ1v) is 10.6. The predicted molar refractivity (Wildman–Crippen MR) is 113 cm³/mol. The van der Waals surface area contributed by atoms with E-state index < -0.39 is 0 Å². The molecule has 4 atom stereocenters. The Morgan fingerprint density at radius 2 is 1.82 bits per heavy atom. The molecule has 2 aromatic rings. The van der Waals surface area contributed by atoms with E-state index in [1.54, 1.807) is 0 Å². The van der Waals surface area contributed by atoms with Crippen molar-refractivity contribution in [1.82, 2.24) is 15.8 Å². The van der Waals surface area contributed by atoms with Crippen LogP contribution in [0.25, 0.3) is 0 Å². The van der Waals surface area contributed by atoms with Gasteiger partial charge in [0.05, 0.1) is 0 Å². The minimum absolute atomic E-state index is 0.0960. The lowest BCUT2D eigenvalue weighted by atomic mass is 10.00. The number of halogens is 1. The summed E-state index contributed by atoms with van der Waals surface area (Å²) in [5, 5.41) is 0.776. The zero-order valence-corrected chi connectivity index (χ0v) is 17.0. The molecule has 4 rings (SSSR count). The average Bonchev–Trinajstić information content (AvgIpc) is 3.37. The Kier molecular flexibility index (Phi) is 6.00. The highest BCUT2D eigenvalue weighted by molar-refractivity contribution is 6.31. The van der Waals surface area contributed by atoms with E-state index in [2.05, 4.69) is 35.1 Å². The Hall–Kier alpha value is -1.88. The first-order chi connectivity index (χ1) is 13.6. The lowest BCUT2D eigenvalue weighted by Crippen LogP contribution is -2.33. The van der Waals surface area contributed by atoms with Gasteiger partial charge < -0.3 is 4.90 Å². The monoisotopic (exact) mass is 397 g/mol. The number of rotatable bonds is 7. The molecule has 1 saturated heterocycles. The van der Waals surface area contributed by atoms with Gasteiger partial charge in [0.1, 0.15) is 0 Å². The van der Waals surface area contributed by atoms with Crippen LogP contribution in [-0.2, 0) is 4.79 Å². The Morgan fingerprint density at radius 1 is 1.07 bits per heavy atom. The van der Waals surface area contributed by atoms with Gasteiger partial charge in [-0.2, -0.15) is 0 Å². The van der Waals surface area contributed by atoms with Gasteiger partial charge in [0, 0.05) is 36.6 Å². The molecule has 1 heterocycles. The third kappa shape index (κ3) is 4.40. The minimum atomic E-state index is 0.0960. The molecular formula is C23H28ClN3O. The second kappa shape index (κ2) is 8.64. The van der Waals surface area contributed by atoms with Crippen LogP contribution in [0.15, 0.2) is 54.6 Å². The van der Waals surface area contributed by atoms with Crippen LogP contribution < -0.4 is 10.9 Å². The summed E-state index contributed by atoms with van der Waals surface area (Å²) in [6.07, 6.45) is 4.07. The second-order valence-corrected chi connectivity index (χ2v) is 8.46. The molecule has 0 bridgehead atoms. The number of carbonyl (C=O) groups is 1. The van der Waals surface area contributed by atoms with Gasteiger partial charge in [0.15, 0.2) is 0 Å². The second-order valence-electron chi connectivity index (χ2n) is 8.06. The minimum Gasteiger partial charge on any atom is -0.346 e. The molecule has 0 spiro atoms. The van der Waals surface area contributed by atoms with E-state index in [9.17, 15) is 4.79 Å². The van der Waals surface area contributed by atoms with E-state index in [-0.39, 0.29) is 17.7 Å². The van der Waals surface area contributed by atoms with Crippen LogP contribution in [-0.4, -0.2) is 30.4 Å². The molecule has 0 radical (unpaired) electrons. The summed E-state index contributed by atoms with van der Waals surface area (Å²) in [6.45, 7) is 0.804. The molecule has 4 unspecified atom stereocenters. The predicted octanol–water partition coefficient (Wildman–Crippen LogP) is 4.29. The van der Waals surface area contributed by atoms with Crippen molar-refractivity contribution in [2.24, 2.45) is 5.92 Å². The number of carbonyl (C=O) groups excluding carboxylic acids is 1. The zero-order chi connectivity index (χ0) is 19.5. The summed E-state index contributed by atoms with van der Waals surface area (Å²) in [7, 11) is 1.93. The highest BCUT2D eigenvalue weighted by atomic mass is 35.5. The number of benzene rings is 2. The summed E-state index contributed by atoms with van der Waals surface area (Å²) < 4.78 is 0. The summed E-state index contributed by atoms with van der Waals surface area (Å²) in [5.74, 6) is 0.638. The third-order valence-corrected chi connectivity index (χ3v) is 6.36. The first-order valence-electron chi connectivity index (χ1n) is 10.2. The SMILES string of the molecule is CN(CCCC1CC(c2ccccc2)NN1)C(=O)C1CC1c1ccccc1Cl. The number of hydrogen-bond donors (Lipinski definition) is 2. The van der Waals surface area contributed by atoms with Crippen LogP contribution in [0.1, 0.15) is 48.8 Å². The van der Waals surface area contributed by atoms with Crippen molar-refractivity contribution in [2.45, 2.75) is 43.7 Å². The number of nitrogens with one attached hydrogen (secondary N) is 2. The van der Waals surface area contributed by atoms with Crippen molar-refractivity contribution in [3.63, 3.8) is 0 Å². The Balaban J connectivity index is 1.20. The molecule has 1 saturated carbocycles. The Bertz CT molecular complexity index is 813. The molecule has 5 heteroatoms. The quantitative estimate of drug-likeness (QED) is 0.732. The van der Waals surface area contributed by atoms with Crippen molar-refractivity contribution in [3.8, 4) is 0 Å². The molecule has 1 aliphatic heterocycles. The van der Waals surface area contributed by atoms with Crippen LogP contribution >= 0.6 is 11.6 Å². The van der Waals surface area contributed by atoms with Crippen molar-refractivity contribution in [2.75, 3.05) is 13.6 Å². The topological polar surface area (TPSA) is 44.4 Å². The molecule has 0 aromatic heterocycles. The first kappa shape index (κ1) is 19.4. The van der Waals surface area contributed by atoms with E-state index in [1.807, 2.05) is 42.3 Å². The van der Waals surface area contributed by atoms with E-state index in [1.165, 1.54) is 5.56 Å². The van der Waals surface area contributed by atoms with Gasteiger partial charge >= 0.3 is 0 Å². The molecule has 148 valence electrons. The van der Waals surface area contributed by atoms with Crippen LogP contribution in [0.3, 0.4) is 0 Å². The number of nitrogens with zero attached hydrogens (tertiary/aromatic N) is 1. The fourth-order valence-corrected chi connectivity index (χ4v) is 4.55. The zero-order valence-electron chi connectivity index (χ0n) is 16.3. The average molecular weight is 398 g/mol. The van der Waals surface area contributed by atoms with Crippen LogP contribution in [0.2, 0.25) is 5.02 Å². The third-order valence-electron chi connectivity index (χ3n) is 6.02. The Labute approximate surface area is 172 Å². The van der Waals surface area contributed by atoms with Crippen LogP contribution in [0.5, 0.6) is 0 Å². The van der Waals surface area contributed by atoms with Gasteiger partial charge in [-0.15, -0.1) is 0 Å². The fraction of sp³-hybridized carbons (Fsp3) is 0.435. The molecule has 1 amide bonds. The van der Waals surface area contributed by atoms with Crippen molar-refractivity contribution in [1.29, 1.82) is 0 Å². The largest absolute Gasteiger partial charge is 0.346 e. The highest BCUT2D eigenvalue weighted by Gasteiger charge is 2.45. The molecule has 2 aromatic carbocycles. The van der Waals surface area contributed by atoms with E-state index in [0.29, 0.717) is 12.1 Å². The maximum atomic E-state index is 12.7. The van der Waals surface area contributed by atoms with Gasteiger partial charge in [-0.1, -0.05) is 60.1 Å². The highest BCUT2D eigenvalue weighted by Crippen LogP contribution is 2.50. The molecule has 28 heavy (non-hydrogen) atoms. The van der Waals surface area contributed by atoms with Gasteiger partial charge in [0.25, 0.3) is 0 Å². The van der Waals surface area contributed by atoms with Gasteiger partial charge in [-0.3, -0.25) is 15.6 Å². The lowest BCUT2D eigenvalue weighted by molar-refractivity contribution is -0.131. The molecule has 2 aliphatic rings. The molecule has 2 N–H and O–H groups in total. The lowest BCUT2D eigenvalue weighted by Gasteiger charge is -2.18. The van der Waals surface area contributed by atoms with Crippen molar-refractivity contribution >= 4 is 17.5 Å². The number of amides is 1. The Morgan fingerprint density at radius 3 is 2.61 bits per heavy atom. The normalized spacial score (nSPS) is 26.2. The van der Waals surface area contributed by atoms with Gasteiger partial charge in [-0.25, -0.2) is 0 Å². The summed E-state index contributed by atoms with van der Waals surface area (Å²) >= 11 is 6.28. The summed E-state index contributed by atoms with van der Waals surface area (Å²) in [5.41, 5.74) is 9.25. The standard InChI is InChI=1S/C23H28ClN3O/c1-27(23(28)20-15-19(20)18-11-5-6-12-21(18)24)13-7-10-17-14-22(26-25-17)16-8-3-2-4-9-16/h2-6,8-9,11-12,17,19-20,22,25-26H,7,10,13-15H2,1H3. The summed E-state index contributed by atoms with van der Waals surface area (Å²) in [6, 6.07) is 19.2. The smallest absolute Gasteiger partial charge is 0.226 e.